The van der Waals surface area contributed by atoms with Gasteiger partial charge in [-0.3, -0.25) is 9.69 Å². The van der Waals surface area contributed by atoms with E-state index in [1.165, 1.54) is 32.1 Å². The van der Waals surface area contributed by atoms with Crippen LogP contribution in [0.15, 0.2) is 0 Å². The number of rotatable bonds is 4. The largest absolute Gasteiger partial charge is 0.379 e. The smallest absolute Gasteiger partial charge is 0.224 e. The molecular weight excluding hydrogens is 349 g/mol. The van der Waals surface area contributed by atoms with E-state index in [1.807, 2.05) is 7.05 Å². The first-order chi connectivity index (χ1) is 10.7. The van der Waals surface area contributed by atoms with Gasteiger partial charge in [0.05, 0.1) is 13.2 Å². The van der Waals surface area contributed by atoms with Crippen molar-refractivity contribution < 1.29 is 9.53 Å². The maximum Gasteiger partial charge on any atom is 0.224 e. The highest BCUT2D eigenvalue weighted by Crippen LogP contribution is 2.39. The molecule has 0 aromatic rings. The van der Waals surface area contributed by atoms with Crippen LogP contribution < -0.4 is 5.32 Å². The molecule has 2 heterocycles. The summed E-state index contributed by atoms with van der Waals surface area (Å²) < 4.78 is 5.51. The average Bonchev–Trinajstić information content (AvgIpc) is 3.05. The van der Waals surface area contributed by atoms with Gasteiger partial charge >= 0.3 is 0 Å². The summed E-state index contributed by atoms with van der Waals surface area (Å²) in [6.45, 7) is 5.45. The second kappa shape index (κ2) is 10.2. The van der Waals surface area contributed by atoms with Gasteiger partial charge in [-0.25, -0.2) is 0 Å². The van der Waals surface area contributed by atoms with Crippen molar-refractivity contribution in [1.29, 1.82) is 0 Å². The van der Waals surface area contributed by atoms with Crippen LogP contribution in [0.2, 0.25) is 0 Å². The number of morpholine rings is 1. The normalized spacial score (nSPS) is 27.2. The van der Waals surface area contributed by atoms with Crippen LogP contribution in [0.25, 0.3) is 0 Å². The van der Waals surface area contributed by atoms with Crippen LogP contribution in [0, 0.1) is 0 Å². The summed E-state index contributed by atoms with van der Waals surface area (Å²) in [6, 6.07) is 0.473. The Labute approximate surface area is 158 Å². The van der Waals surface area contributed by atoms with Crippen molar-refractivity contribution in [2.24, 2.45) is 0 Å². The Morgan fingerprint density at radius 2 is 1.79 bits per heavy atom. The Morgan fingerprint density at radius 3 is 2.42 bits per heavy atom. The minimum absolute atomic E-state index is 0. The number of halogens is 2. The molecule has 2 aliphatic heterocycles. The fraction of sp³-hybridized carbons (Fsp3) is 0.941. The van der Waals surface area contributed by atoms with Crippen LogP contribution in [0.5, 0.6) is 0 Å². The molecule has 3 fully saturated rings. The van der Waals surface area contributed by atoms with Gasteiger partial charge in [0, 0.05) is 44.2 Å². The van der Waals surface area contributed by atoms with Gasteiger partial charge in [0.15, 0.2) is 0 Å². The molecule has 0 spiro atoms. The van der Waals surface area contributed by atoms with E-state index in [9.17, 15) is 4.79 Å². The number of piperidine rings is 1. The highest BCUT2D eigenvalue weighted by Gasteiger charge is 2.42. The highest BCUT2D eigenvalue weighted by atomic mass is 35.5. The molecular formula is C17H33Cl2N3O2. The van der Waals surface area contributed by atoms with Crippen molar-refractivity contribution in [3.63, 3.8) is 0 Å². The molecule has 2 saturated heterocycles. The number of likely N-dealkylation sites (tertiary alicyclic amines) is 1. The van der Waals surface area contributed by atoms with E-state index < -0.39 is 0 Å². The number of amides is 1. The summed E-state index contributed by atoms with van der Waals surface area (Å²) in [5, 5.41) is 3.33. The van der Waals surface area contributed by atoms with Crippen LogP contribution in [0.4, 0.5) is 0 Å². The monoisotopic (exact) mass is 381 g/mol. The van der Waals surface area contributed by atoms with Gasteiger partial charge < -0.3 is 15.0 Å². The maximum atomic E-state index is 12.9. The number of nitrogens with zero attached hydrogens (tertiary/aromatic N) is 2. The van der Waals surface area contributed by atoms with Crippen molar-refractivity contribution in [2.75, 3.05) is 46.4 Å². The predicted molar refractivity (Wildman–Crippen MR) is 101 cm³/mol. The number of hydrogen-bond donors (Lipinski definition) is 1. The quantitative estimate of drug-likeness (QED) is 0.809. The molecule has 1 atom stereocenters. The number of nitrogens with one attached hydrogen (secondary N) is 1. The first kappa shape index (κ1) is 22.0. The number of carbonyl (C=O) groups is 1. The van der Waals surface area contributed by atoms with Crippen molar-refractivity contribution in [3.8, 4) is 0 Å². The third-order valence-electron chi connectivity index (χ3n) is 5.88. The minimum atomic E-state index is 0. The maximum absolute atomic E-state index is 12.9. The molecule has 1 saturated carbocycles. The van der Waals surface area contributed by atoms with Crippen molar-refractivity contribution >= 4 is 30.7 Å². The zero-order valence-corrected chi connectivity index (χ0v) is 16.4. The van der Waals surface area contributed by atoms with E-state index >= 15 is 0 Å². The van der Waals surface area contributed by atoms with E-state index in [2.05, 4.69) is 15.1 Å². The van der Waals surface area contributed by atoms with Gasteiger partial charge in [-0.1, -0.05) is 12.8 Å². The fourth-order valence-electron chi connectivity index (χ4n) is 4.51. The molecule has 1 amide bonds. The molecule has 24 heavy (non-hydrogen) atoms. The number of likely N-dealkylation sites (N-methyl/N-ethyl adjacent to an activating group) is 1. The molecule has 0 aromatic carbocycles. The van der Waals surface area contributed by atoms with E-state index in [0.29, 0.717) is 18.4 Å². The van der Waals surface area contributed by atoms with Gasteiger partial charge in [-0.05, 0) is 32.7 Å². The fourth-order valence-corrected chi connectivity index (χ4v) is 4.51. The second-order valence-corrected chi connectivity index (χ2v) is 7.18. The molecule has 0 bridgehead atoms. The lowest BCUT2D eigenvalue weighted by atomic mass is 9.89. The Balaban J connectivity index is 0.00000144. The highest BCUT2D eigenvalue weighted by molar-refractivity contribution is 5.85. The third-order valence-corrected chi connectivity index (χ3v) is 5.88. The van der Waals surface area contributed by atoms with Crippen molar-refractivity contribution in [3.05, 3.63) is 0 Å². The lowest BCUT2D eigenvalue weighted by Crippen LogP contribution is -2.55. The Kier molecular flexibility index (Phi) is 9.31. The van der Waals surface area contributed by atoms with Crippen LogP contribution in [-0.4, -0.2) is 73.7 Å². The number of hydrogen-bond acceptors (Lipinski definition) is 4. The van der Waals surface area contributed by atoms with Gasteiger partial charge in [0.1, 0.15) is 0 Å². The predicted octanol–water partition coefficient (Wildman–Crippen LogP) is 2.08. The summed E-state index contributed by atoms with van der Waals surface area (Å²) in [5.41, 5.74) is 0.119. The van der Waals surface area contributed by atoms with Crippen molar-refractivity contribution in [1.82, 2.24) is 15.1 Å². The van der Waals surface area contributed by atoms with Crippen LogP contribution in [-0.2, 0) is 9.53 Å². The van der Waals surface area contributed by atoms with Gasteiger partial charge in [-0.2, -0.15) is 0 Å². The van der Waals surface area contributed by atoms with Gasteiger partial charge in [0.25, 0.3) is 0 Å². The summed E-state index contributed by atoms with van der Waals surface area (Å²) in [6.07, 6.45) is 7.93. The molecule has 5 nitrogen and oxygen atoms in total. The summed E-state index contributed by atoms with van der Waals surface area (Å²) in [7, 11) is 2.00. The Hall–Kier alpha value is -0.0700. The van der Waals surface area contributed by atoms with Crippen LogP contribution >= 0.6 is 24.8 Å². The lowest BCUT2D eigenvalue weighted by molar-refractivity contribution is -0.137. The summed E-state index contributed by atoms with van der Waals surface area (Å²) in [4.78, 5) is 17.6. The number of carbonyl (C=O) groups excluding carboxylic acids is 1. The first-order valence-corrected chi connectivity index (χ1v) is 9.01. The average molecular weight is 382 g/mol. The zero-order valence-electron chi connectivity index (χ0n) is 14.8. The topological polar surface area (TPSA) is 44.8 Å². The molecule has 0 aromatic heterocycles. The first-order valence-electron chi connectivity index (χ1n) is 9.01. The number of ether oxygens (including phenoxy) is 1. The zero-order chi connectivity index (χ0) is 15.4. The lowest BCUT2D eigenvalue weighted by Gasteiger charge is -2.44. The summed E-state index contributed by atoms with van der Waals surface area (Å²) >= 11 is 0. The molecule has 7 heteroatoms. The Bertz CT molecular complexity index is 386. The Morgan fingerprint density at radius 1 is 1.12 bits per heavy atom. The molecule has 0 radical (unpaired) electrons. The van der Waals surface area contributed by atoms with Crippen molar-refractivity contribution in [2.45, 2.75) is 56.5 Å². The molecule has 142 valence electrons. The molecule has 1 aliphatic carbocycles. The van der Waals surface area contributed by atoms with E-state index in [-0.39, 0.29) is 30.4 Å². The molecule has 1 unspecified atom stereocenters. The third kappa shape index (κ3) is 4.98. The second-order valence-electron chi connectivity index (χ2n) is 7.18. The molecule has 1 N–H and O–H groups in total. The van der Waals surface area contributed by atoms with E-state index in [4.69, 9.17) is 4.74 Å². The van der Waals surface area contributed by atoms with E-state index in [1.54, 1.807) is 0 Å². The standard InChI is InChI=1S/C17H31N3O2.2ClH/c1-18-15-5-4-8-19(14-15)16(21)13-17(6-2-3-7-17)20-9-11-22-12-10-20;;/h15,18H,2-14H2,1H3;2*1H. The van der Waals surface area contributed by atoms with Crippen LogP contribution in [0.1, 0.15) is 44.9 Å². The van der Waals surface area contributed by atoms with Gasteiger partial charge in [-0.15, -0.1) is 24.8 Å². The SMILES string of the molecule is CNC1CCCN(C(=O)CC2(N3CCOCC3)CCCC2)C1.Cl.Cl. The van der Waals surface area contributed by atoms with Crippen LogP contribution in [0.3, 0.4) is 0 Å². The van der Waals surface area contributed by atoms with Gasteiger partial charge in [0.2, 0.25) is 5.91 Å². The molecule has 3 rings (SSSR count). The van der Waals surface area contributed by atoms with E-state index in [0.717, 1.165) is 45.8 Å². The summed E-state index contributed by atoms with van der Waals surface area (Å²) in [5.74, 6) is 0.369. The minimum Gasteiger partial charge on any atom is -0.379 e. The molecule has 3 aliphatic rings.